The fourth-order valence-corrected chi connectivity index (χ4v) is 3.59. The molecule has 0 radical (unpaired) electrons. The van der Waals surface area contributed by atoms with Gasteiger partial charge in [0.15, 0.2) is 5.65 Å². The highest BCUT2D eigenvalue weighted by atomic mass is 19.3. The molecule has 0 aliphatic carbocycles. The largest absolute Gasteiger partial charge is 0.381 e. The van der Waals surface area contributed by atoms with E-state index in [-0.39, 0.29) is 12.5 Å². The average Bonchev–Trinajstić information content (AvgIpc) is 3.04. The van der Waals surface area contributed by atoms with Crippen molar-refractivity contribution >= 4 is 17.1 Å². The van der Waals surface area contributed by atoms with Crippen LogP contribution in [0.2, 0.25) is 0 Å². The third-order valence-corrected chi connectivity index (χ3v) is 4.92. The maximum Gasteiger partial charge on any atom is 0.265 e. The smallest absolute Gasteiger partial charge is 0.265 e. The summed E-state index contributed by atoms with van der Waals surface area (Å²) in [5, 5.41) is 0. The summed E-state index contributed by atoms with van der Waals surface area (Å²) in [6.45, 7) is 1.25. The second-order valence-electron chi connectivity index (χ2n) is 6.75. The van der Waals surface area contributed by atoms with Crippen LogP contribution < -0.4 is 0 Å². The van der Waals surface area contributed by atoms with Crippen LogP contribution in [0.15, 0.2) is 18.6 Å². The number of carbonyl (C=O) groups excluding carboxylic acids is 1. The van der Waals surface area contributed by atoms with Crippen LogP contribution in [0.4, 0.5) is 8.78 Å². The molecule has 6 nitrogen and oxygen atoms in total. The van der Waals surface area contributed by atoms with Crippen LogP contribution in [-0.4, -0.2) is 57.6 Å². The van der Waals surface area contributed by atoms with Crippen LogP contribution in [0.1, 0.15) is 42.1 Å². The lowest BCUT2D eigenvalue weighted by atomic mass is 10.1. The van der Waals surface area contributed by atoms with Crippen LogP contribution in [0.25, 0.3) is 11.2 Å². The number of fused-ring (bicyclic) bond motifs is 1. The number of halogens is 2. The lowest BCUT2D eigenvalue weighted by molar-refractivity contribution is -0.0560. The van der Waals surface area contributed by atoms with Gasteiger partial charge < -0.3 is 14.2 Å². The van der Waals surface area contributed by atoms with Gasteiger partial charge in [0.05, 0.1) is 18.4 Å². The summed E-state index contributed by atoms with van der Waals surface area (Å²) in [6.07, 6.45) is 5.15. The Hall–Kier alpha value is -2.09. The third kappa shape index (κ3) is 3.22. The molecule has 2 aliphatic rings. The fourth-order valence-electron chi connectivity index (χ4n) is 3.59. The van der Waals surface area contributed by atoms with Crippen molar-refractivity contribution in [2.45, 2.75) is 37.6 Å². The zero-order chi connectivity index (χ0) is 17.4. The summed E-state index contributed by atoms with van der Waals surface area (Å²) in [4.78, 5) is 22.5. The molecule has 0 saturated carbocycles. The number of nitrogens with zero attached hydrogens (tertiary/aromatic N) is 4. The minimum absolute atomic E-state index is 0.163. The molecule has 0 spiro atoms. The molecule has 0 aromatic carbocycles. The van der Waals surface area contributed by atoms with Crippen molar-refractivity contribution in [2.24, 2.45) is 0 Å². The van der Waals surface area contributed by atoms with Crippen molar-refractivity contribution in [2.75, 3.05) is 26.3 Å². The Morgan fingerprint density at radius 3 is 2.84 bits per heavy atom. The van der Waals surface area contributed by atoms with E-state index in [1.165, 1.54) is 11.1 Å². The van der Waals surface area contributed by atoms with Crippen molar-refractivity contribution < 1.29 is 18.3 Å². The molecule has 4 heterocycles. The Labute approximate surface area is 143 Å². The van der Waals surface area contributed by atoms with E-state index in [2.05, 4.69) is 9.97 Å². The molecule has 1 amide bonds. The van der Waals surface area contributed by atoms with Crippen molar-refractivity contribution in [3.63, 3.8) is 0 Å². The number of likely N-dealkylation sites (tertiary alicyclic amines) is 1. The van der Waals surface area contributed by atoms with Crippen LogP contribution in [0.5, 0.6) is 0 Å². The molecule has 8 heteroatoms. The predicted molar refractivity (Wildman–Crippen MR) is 86.7 cm³/mol. The minimum atomic E-state index is -2.81. The molecule has 2 saturated heterocycles. The molecule has 2 aromatic heterocycles. The second-order valence-corrected chi connectivity index (χ2v) is 6.75. The second kappa shape index (κ2) is 6.33. The molecular weight excluding hydrogens is 330 g/mol. The summed E-state index contributed by atoms with van der Waals surface area (Å²) in [6, 6.07) is 1.93. The van der Waals surface area contributed by atoms with E-state index in [9.17, 15) is 13.6 Å². The van der Waals surface area contributed by atoms with Crippen LogP contribution in [-0.2, 0) is 4.74 Å². The average molecular weight is 350 g/mol. The van der Waals surface area contributed by atoms with Gasteiger partial charge in [-0.15, -0.1) is 0 Å². The van der Waals surface area contributed by atoms with Crippen molar-refractivity contribution in [1.82, 2.24) is 19.4 Å². The maximum absolute atomic E-state index is 13.6. The summed E-state index contributed by atoms with van der Waals surface area (Å²) < 4.78 is 34.5. The first-order valence-electron chi connectivity index (χ1n) is 8.61. The van der Waals surface area contributed by atoms with E-state index in [0.29, 0.717) is 42.9 Å². The van der Waals surface area contributed by atoms with Gasteiger partial charge in [0.25, 0.3) is 11.8 Å². The number of hydrogen-bond acceptors (Lipinski definition) is 4. The molecule has 0 atom stereocenters. The van der Waals surface area contributed by atoms with E-state index < -0.39 is 18.4 Å². The van der Waals surface area contributed by atoms with Gasteiger partial charge in [-0.1, -0.05) is 0 Å². The van der Waals surface area contributed by atoms with Gasteiger partial charge in [-0.3, -0.25) is 4.79 Å². The molecule has 25 heavy (non-hydrogen) atoms. The van der Waals surface area contributed by atoms with Gasteiger partial charge in [-0.05, 0) is 25.3 Å². The summed E-state index contributed by atoms with van der Waals surface area (Å²) >= 11 is 0. The SMILES string of the molecule is O=C(c1cnc2c(c1)ncn2C1CCOCC1)N1CCCC(F)(F)C1. The van der Waals surface area contributed by atoms with Gasteiger partial charge in [0.1, 0.15) is 5.52 Å². The number of hydrogen-bond donors (Lipinski definition) is 0. The Morgan fingerprint density at radius 1 is 1.28 bits per heavy atom. The fraction of sp³-hybridized carbons (Fsp3) is 0.588. The van der Waals surface area contributed by atoms with Gasteiger partial charge in [0, 0.05) is 38.4 Å². The van der Waals surface area contributed by atoms with Gasteiger partial charge >= 0.3 is 0 Å². The molecule has 0 N–H and O–H groups in total. The van der Waals surface area contributed by atoms with E-state index >= 15 is 0 Å². The molecule has 2 fully saturated rings. The van der Waals surface area contributed by atoms with Crippen molar-refractivity contribution in [3.8, 4) is 0 Å². The third-order valence-electron chi connectivity index (χ3n) is 4.92. The van der Waals surface area contributed by atoms with Gasteiger partial charge in [0.2, 0.25) is 0 Å². The summed E-state index contributed by atoms with van der Waals surface area (Å²) in [5.41, 5.74) is 1.64. The van der Waals surface area contributed by atoms with E-state index in [4.69, 9.17) is 4.74 Å². The van der Waals surface area contributed by atoms with E-state index in [0.717, 1.165) is 12.8 Å². The molecule has 134 valence electrons. The first kappa shape index (κ1) is 16.4. The highest BCUT2D eigenvalue weighted by Crippen LogP contribution is 2.28. The Morgan fingerprint density at radius 2 is 2.08 bits per heavy atom. The number of carbonyl (C=O) groups is 1. The van der Waals surface area contributed by atoms with Crippen LogP contribution in [0, 0.1) is 0 Å². The number of rotatable bonds is 2. The van der Waals surface area contributed by atoms with Gasteiger partial charge in [-0.25, -0.2) is 18.7 Å². The van der Waals surface area contributed by atoms with E-state index in [1.54, 1.807) is 12.4 Å². The van der Waals surface area contributed by atoms with Crippen molar-refractivity contribution in [1.29, 1.82) is 0 Å². The number of piperidine rings is 1. The summed E-state index contributed by atoms with van der Waals surface area (Å²) in [5.74, 6) is -3.22. The zero-order valence-corrected chi connectivity index (χ0v) is 13.8. The van der Waals surface area contributed by atoms with E-state index in [1.807, 2.05) is 4.57 Å². The summed E-state index contributed by atoms with van der Waals surface area (Å²) in [7, 11) is 0. The Bertz CT molecular complexity index is 786. The first-order chi connectivity index (χ1) is 12.0. The highest BCUT2D eigenvalue weighted by molar-refractivity contribution is 5.96. The number of ether oxygens (including phenoxy) is 1. The number of pyridine rings is 1. The topological polar surface area (TPSA) is 60.3 Å². The number of aromatic nitrogens is 3. The van der Waals surface area contributed by atoms with Gasteiger partial charge in [-0.2, -0.15) is 0 Å². The highest BCUT2D eigenvalue weighted by Gasteiger charge is 2.37. The molecule has 4 rings (SSSR count). The standard InChI is InChI=1S/C17H20F2N4O2/c18-17(19)4-1-5-22(10-17)16(24)12-8-14-15(20-9-12)23(11-21-14)13-2-6-25-7-3-13/h8-9,11,13H,1-7,10H2. The number of amides is 1. The van der Waals surface area contributed by atoms with Crippen LogP contribution >= 0.6 is 0 Å². The van der Waals surface area contributed by atoms with Crippen LogP contribution in [0.3, 0.4) is 0 Å². The maximum atomic E-state index is 13.6. The normalized spacial score (nSPS) is 21.6. The lowest BCUT2D eigenvalue weighted by Crippen LogP contribution is -2.45. The zero-order valence-electron chi connectivity index (χ0n) is 13.8. The minimum Gasteiger partial charge on any atom is -0.381 e. The number of alkyl halides is 2. The van der Waals surface area contributed by atoms with Crippen molar-refractivity contribution in [3.05, 3.63) is 24.2 Å². The molecule has 0 bridgehead atoms. The molecule has 2 aliphatic heterocycles. The molecule has 0 unspecified atom stereocenters. The molecule has 2 aromatic rings. The number of imidazole rings is 1. The Balaban J connectivity index is 1.58. The Kier molecular flexibility index (Phi) is 4.15. The predicted octanol–water partition coefficient (Wildman–Crippen LogP) is 2.65. The lowest BCUT2D eigenvalue weighted by Gasteiger charge is -2.32. The quantitative estimate of drug-likeness (QED) is 0.835. The first-order valence-corrected chi connectivity index (χ1v) is 8.61. The monoisotopic (exact) mass is 350 g/mol. The molecular formula is C17H20F2N4O2.